The number of piperidine rings is 2. The van der Waals surface area contributed by atoms with Gasteiger partial charge >= 0.3 is 0 Å². The Balaban J connectivity index is 1.55. The molecule has 5 heteroatoms. The Morgan fingerprint density at radius 2 is 1.78 bits per heavy atom. The highest BCUT2D eigenvalue weighted by molar-refractivity contribution is 5.79. The van der Waals surface area contributed by atoms with E-state index in [0.29, 0.717) is 31.5 Å². The van der Waals surface area contributed by atoms with Crippen LogP contribution in [0.25, 0.3) is 0 Å². The standard InChI is InChI=1S/C18H25FN2O2/c1-13-2-3-15(12-17(13)19)20-8-4-14(5-9-20)18(23)21-10-6-16(22)7-11-21/h2-3,12,14,16,22H,4-11H2,1H3. The minimum absolute atomic E-state index is 0.0665. The molecule has 2 saturated heterocycles. The third kappa shape index (κ3) is 3.66. The molecule has 2 aliphatic heterocycles. The molecule has 1 aromatic rings. The van der Waals surface area contributed by atoms with Gasteiger partial charge < -0.3 is 14.9 Å². The van der Waals surface area contributed by atoms with Crippen LogP contribution in [0.1, 0.15) is 31.2 Å². The molecule has 126 valence electrons. The molecule has 0 aliphatic carbocycles. The van der Waals surface area contributed by atoms with Gasteiger partial charge in [-0.3, -0.25) is 4.79 Å². The van der Waals surface area contributed by atoms with E-state index >= 15 is 0 Å². The topological polar surface area (TPSA) is 43.8 Å². The van der Waals surface area contributed by atoms with Crippen molar-refractivity contribution in [3.63, 3.8) is 0 Å². The van der Waals surface area contributed by atoms with Crippen molar-refractivity contribution in [2.24, 2.45) is 5.92 Å². The molecule has 2 aliphatic rings. The summed E-state index contributed by atoms with van der Waals surface area (Å²) in [6.45, 7) is 4.68. The predicted molar refractivity (Wildman–Crippen MR) is 87.9 cm³/mol. The summed E-state index contributed by atoms with van der Waals surface area (Å²) in [5.41, 5.74) is 1.56. The Kier molecular flexibility index (Phi) is 4.85. The van der Waals surface area contributed by atoms with Crippen molar-refractivity contribution in [2.45, 2.75) is 38.7 Å². The largest absolute Gasteiger partial charge is 0.393 e. The number of aliphatic hydroxyl groups is 1. The number of carbonyl (C=O) groups is 1. The van der Waals surface area contributed by atoms with E-state index in [4.69, 9.17) is 0 Å². The number of rotatable bonds is 2. The van der Waals surface area contributed by atoms with Gasteiger partial charge in [-0.05, 0) is 50.3 Å². The van der Waals surface area contributed by atoms with Crippen molar-refractivity contribution in [2.75, 3.05) is 31.1 Å². The zero-order valence-corrected chi connectivity index (χ0v) is 13.7. The fraction of sp³-hybridized carbons (Fsp3) is 0.611. The second-order valence-corrected chi connectivity index (χ2v) is 6.75. The quantitative estimate of drug-likeness (QED) is 0.909. The number of likely N-dealkylation sites (tertiary alicyclic amines) is 1. The van der Waals surface area contributed by atoms with Gasteiger partial charge in [0.05, 0.1) is 6.10 Å². The summed E-state index contributed by atoms with van der Waals surface area (Å²) in [4.78, 5) is 16.6. The SMILES string of the molecule is Cc1ccc(N2CCC(C(=O)N3CCC(O)CC3)CC2)cc1F. The Hall–Kier alpha value is -1.62. The van der Waals surface area contributed by atoms with Crippen LogP contribution < -0.4 is 4.90 Å². The molecule has 0 bridgehead atoms. The van der Waals surface area contributed by atoms with Crippen LogP contribution in [0.15, 0.2) is 18.2 Å². The number of aryl methyl sites for hydroxylation is 1. The van der Waals surface area contributed by atoms with Gasteiger partial charge in [-0.15, -0.1) is 0 Å². The van der Waals surface area contributed by atoms with Gasteiger partial charge in [0.25, 0.3) is 0 Å². The first-order chi connectivity index (χ1) is 11.0. The van der Waals surface area contributed by atoms with Crippen LogP contribution in [0, 0.1) is 18.7 Å². The van der Waals surface area contributed by atoms with Gasteiger partial charge in [0.2, 0.25) is 5.91 Å². The van der Waals surface area contributed by atoms with Crippen LogP contribution in [0.2, 0.25) is 0 Å². The van der Waals surface area contributed by atoms with E-state index in [1.54, 1.807) is 19.1 Å². The predicted octanol–water partition coefficient (Wildman–Crippen LogP) is 2.33. The lowest BCUT2D eigenvalue weighted by molar-refractivity contribution is -0.138. The Labute approximate surface area is 136 Å². The lowest BCUT2D eigenvalue weighted by Crippen LogP contribution is -2.46. The minimum Gasteiger partial charge on any atom is -0.393 e. The average Bonchev–Trinajstić information content (AvgIpc) is 2.57. The van der Waals surface area contributed by atoms with E-state index < -0.39 is 0 Å². The zero-order chi connectivity index (χ0) is 16.4. The van der Waals surface area contributed by atoms with Crippen LogP contribution in [-0.4, -0.2) is 48.2 Å². The Morgan fingerprint density at radius 3 is 2.39 bits per heavy atom. The maximum absolute atomic E-state index is 13.7. The van der Waals surface area contributed by atoms with Crippen LogP contribution in [0.4, 0.5) is 10.1 Å². The second kappa shape index (κ2) is 6.87. The van der Waals surface area contributed by atoms with Crippen molar-refractivity contribution in [1.82, 2.24) is 4.90 Å². The van der Waals surface area contributed by atoms with Crippen molar-refractivity contribution in [1.29, 1.82) is 0 Å². The van der Waals surface area contributed by atoms with Crippen molar-refractivity contribution < 1.29 is 14.3 Å². The highest BCUT2D eigenvalue weighted by atomic mass is 19.1. The van der Waals surface area contributed by atoms with E-state index in [9.17, 15) is 14.3 Å². The minimum atomic E-state index is -0.252. The number of benzene rings is 1. The number of nitrogens with zero attached hydrogens (tertiary/aromatic N) is 2. The highest BCUT2D eigenvalue weighted by Crippen LogP contribution is 2.26. The summed E-state index contributed by atoms with van der Waals surface area (Å²) in [6, 6.07) is 5.34. The van der Waals surface area contributed by atoms with Crippen LogP contribution in [-0.2, 0) is 4.79 Å². The lowest BCUT2D eigenvalue weighted by Gasteiger charge is -2.37. The number of hydrogen-bond acceptors (Lipinski definition) is 3. The number of amides is 1. The summed E-state index contributed by atoms with van der Waals surface area (Å²) < 4.78 is 13.7. The van der Waals surface area contributed by atoms with Gasteiger partial charge in [0.15, 0.2) is 0 Å². The first-order valence-corrected chi connectivity index (χ1v) is 8.52. The fourth-order valence-electron chi connectivity index (χ4n) is 3.51. The monoisotopic (exact) mass is 320 g/mol. The smallest absolute Gasteiger partial charge is 0.225 e. The van der Waals surface area contributed by atoms with E-state index in [-0.39, 0.29) is 23.7 Å². The molecule has 0 unspecified atom stereocenters. The van der Waals surface area contributed by atoms with Gasteiger partial charge in [0, 0.05) is 37.8 Å². The molecule has 0 atom stereocenters. The van der Waals surface area contributed by atoms with Crippen LogP contribution >= 0.6 is 0 Å². The van der Waals surface area contributed by atoms with E-state index in [2.05, 4.69) is 4.90 Å². The molecule has 2 fully saturated rings. The molecular formula is C18H25FN2O2. The fourth-order valence-corrected chi connectivity index (χ4v) is 3.51. The number of aliphatic hydroxyl groups excluding tert-OH is 1. The number of anilines is 1. The maximum Gasteiger partial charge on any atom is 0.225 e. The first kappa shape index (κ1) is 16.2. The lowest BCUT2D eigenvalue weighted by atomic mass is 9.93. The van der Waals surface area contributed by atoms with E-state index in [0.717, 1.165) is 31.6 Å². The number of halogens is 1. The van der Waals surface area contributed by atoms with Crippen molar-refractivity contribution >= 4 is 11.6 Å². The van der Waals surface area contributed by atoms with Gasteiger partial charge in [-0.2, -0.15) is 0 Å². The maximum atomic E-state index is 13.7. The van der Waals surface area contributed by atoms with Gasteiger partial charge in [0.1, 0.15) is 5.82 Å². The summed E-state index contributed by atoms with van der Waals surface area (Å²) in [5, 5.41) is 9.55. The second-order valence-electron chi connectivity index (χ2n) is 6.75. The molecule has 23 heavy (non-hydrogen) atoms. The zero-order valence-electron chi connectivity index (χ0n) is 13.7. The molecule has 0 radical (unpaired) electrons. The van der Waals surface area contributed by atoms with Crippen LogP contribution in [0.3, 0.4) is 0 Å². The van der Waals surface area contributed by atoms with E-state index in [1.165, 1.54) is 0 Å². The van der Waals surface area contributed by atoms with Gasteiger partial charge in [-0.1, -0.05) is 6.07 Å². The van der Waals surface area contributed by atoms with Gasteiger partial charge in [-0.25, -0.2) is 4.39 Å². The molecule has 4 nitrogen and oxygen atoms in total. The van der Waals surface area contributed by atoms with Crippen LogP contribution in [0.5, 0.6) is 0 Å². The molecule has 1 amide bonds. The summed E-state index contributed by atoms with van der Waals surface area (Å²) in [6.07, 6.45) is 2.75. The molecule has 0 spiro atoms. The van der Waals surface area contributed by atoms with Crippen molar-refractivity contribution in [3.8, 4) is 0 Å². The summed E-state index contributed by atoms with van der Waals surface area (Å²) in [5.74, 6) is 0.121. The molecular weight excluding hydrogens is 295 g/mol. The Morgan fingerprint density at radius 1 is 1.13 bits per heavy atom. The Bertz CT molecular complexity index is 562. The first-order valence-electron chi connectivity index (χ1n) is 8.52. The normalized spacial score (nSPS) is 20.8. The number of hydrogen-bond donors (Lipinski definition) is 1. The molecule has 1 N–H and O–H groups in total. The highest BCUT2D eigenvalue weighted by Gasteiger charge is 2.30. The molecule has 3 rings (SSSR count). The molecule has 0 saturated carbocycles. The molecule has 1 aromatic carbocycles. The summed E-state index contributed by atoms with van der Waals surface area (Å²) >= 11 is 0. The summed E-state index contributed by atoms with van der Waals surface area (Å²) in [7, 11) is 0. The molecule has 0 aromatic heterocycles. The number of carbonyl (C=O) groups excluding carboxylic acids is 1. The third-order valence-electron chi connectivity index (χ3n) is 5.14. The third-order valence-corrected chi connectivity index (χ3v) is 5.14. The average molecular weight is 320 g/mol. The van der Waals surface area contributed by atoms with E-state index in [1.807, 2.05) is 11.0 Å². The molecule has 2 heterocycles. The van der Waals surface area contributed by atoms with Crippen molar-refractivity contribution in [3.05, 3.63) is 29.6 Å².